The molecule has 0 heterocycles. The van der Waals surface area contributed by atoms with Crippen molar-refractivity contribution in [1.29, 1.82) is 0 Å². The third-order valence-corrected chi connectivity index (χ3v) is 6.04. The van der Waals surface area contributed by atoms with Crippen LogP contribution in [0.2, 0.25) is 39.3 Å². The zero-order valence-electron chi connectivity index (χ0n) is 8.53. The quantitative estimate of drug-likeness (QED) is 0.606. The van der Waals surface area contributed by atoms with Gasteiger partial charge >= 0.3 is 23.1 Å². The molecule has 0 aliphatic carbocycles. The van der Waals surface area contributed by atoms with Crippen molar-refractivity contribution in [1.82, 2.24) is 0 Å². The van der Waals surface area contributed by atoms with E-state index in [0.29, 0.717) is 0 Å². The maximum atomic E-state index is 4.82. The molecule has 1 nitrogen and oxygen atoms in total. The maximum Gasteiger partial charge on any atom is 2.00 e. The summed E-state index contributed by atoms with van der Waals surface area (Å²) in [5.74, 6) is 0. The van der Waals surface area contributed by atoms with Crippen molar-refractivity contribution in [3.05, 3.63) is 4.65 Å². The first-order valence-electron chi connectivity index (χ1n) is 3.45. The fourth-order valence-corrected chi connectivity index (χ4v) is 9.06. The van der Waals surface area contributed by atoms with Gasteiger partial charge in [0.25, 0.3) is 0 Å². The molecule has 0 atom stereocenters. The molecule has 0 radical (unpaired) electrons. The second kappa shape index (κ2) is 6.15. The van der Waals surface area contributed by atoms with Crippen LogP contribution in [0.3, 0.4) is 0 Å². The molecule has 0 N–H and O–H groups in total. The number of hydrogen-bond donors (Lipinski definition) is 0. The van der Waals surface area contributed by atoms with Gasteiger partial charge in [-0.1, -0.05) is 55.8 Å². The Morgan fingerprint density at radius 1 is 0.727 bits per heavy atom. The number of halogens is 1. The van der Waals surface area contributed by atoms with Crippen LogP contribution in [-0.4, -0.2) is 39.5 Å². The Bertz CT molecular complexity index is 85.7. The molecule has 5 heteroatoms. The first-order valence-corrected chi connectivity index (χ1v) is 10.3. The average molecular weight is 265 g/mol. The van der Waals surface area contributed by atoms with E-state index in [1.807, 2.05) is 0 Å². The maximum absolute atomic E-state index is 4.82. The summed E-state index contributed by atoms with van der Waals surface area (Å²) < 4.78 is 4.82. The molecule has 11 heavy (non-hydrogen) atoms. The van der Waals surface area contributed by atoms with E-state index in [4.69, 9.17) is 4.65 Å². The standard InChI is InChI=1S/C6H18NSi2.BrH.Mg/c1-8(2,3)7-9(4,5)6;;/h1-6H3;1H;/q-1;;+2/p-1. The van der Waals surface area contributed by atoms with Gasteiger partial charge in [0, 0.05) is 0 Å². The summed E-state index contributed by atoms with van der Waals surface area (Å²) in [6.45, 7) is 13.8. The summed E-state index contributed by atoms with van der Waals surface area (Å²) in [5, 5.41) is 0. The van der Waals surface area contributed by atoms with Gasteiger partial charge in [0.15, 0.2) is 0 Å². The summed E-state index contributed by atoms with van der Waals surface area (Å²) in [5.41, 5.74) is 0. The van der Waals surface area contributed by atoms with Gasteiger partial charge in [-0.05, 0) is 0 Å². The van der Waals surface area contributed by atoms with Gasteiger partial charge in [0.05, 0.1) is 0 Å². The topological polar surface area (TPSA) is 14.1 Å². The predicted octanol–water partition coefficient (Wildman–Crippen LogP) is -0.347. The van der Waals surface area contributed by atoms with Crippen LogP contribution in [0.15, 0.2) is 0 Å². The molecule has 0 aromatic heterocycles. The summed E-state index contributed by atoms with van der Waals surface area (Å²) in [7, 11) is -2.21. The predicted molar refractivity (Wildman–Crippen MR) is 55.8 cm³/mol. The van der Waals surface area contributed by atoms with Crippen LogP contribution < -0.4 is 17.0 Å². The molecule has 0 aromatic rings. The second-order valence-electron chi connectivity index (χ2n) is 4.45. The Labute approximate surface area is 99.8 Å². The minimum atomic E-state index is -1.11. The SMILES string of the molecule is C[Si](C)(C)[N-][Si](C)(C)C.[Br-].[Mg+2]. The molecule has 64 valence electrons. The van der Waals surface area contributed by atoms with Crippen LogP contribution in [-0.2, 0) is 0 Å². The monoisotopic (exact) mass is 263 g/mol. The van der Waals surface area contributed by atoms with Gasteiger partial charge in [-0.2, -0.15) is 0 Å². The zero-order valence-corrected chi connectivity index (χ0v) is 13.5. The molecule has 0 saturated heterocycles. The second-order valence-corrected chi connectivity index (χ2v) is 14.0. The first kappa shape index (κ1) is 18.4. The van der Waals surface area contributed by atoms with Crippen molar-refractivity contribution >= 4 is 39.5 Å². The molecule has 0 aliphatic rings. The fourth-order valence-electron chi connectivity index (χ4n) is 1.01. The van der Waals surface area contributed by atoms with Gasteiger partial charge < -0.3 is 21.6 Å². The van der Waals surface area contributed by atoms with Crippen LogP contribution in [0.5, 0.6) is 0 Å². The van der Waals surface area contributed by atoms with Crippen molar-refractivity contribution in [3.8, 4) is 0 Å². The first-order chi connectivity index (χ1) is 3.71. The molecule has 0 amide bonds. The molecule has 0 fully saturated rings. The molecule has 0 aromatic carbocycles. The number of hydrogen-bond acceptors (Lipinski definition) is 0. The van der Waals surface area contributed by atoms with Crippen molar-refractivity contribution in [2.24, 2.45) is 0 Å². The Kier molecular flexibility index (Phi) is 10.3. The average Bonchev–Trinajstić information content (AvgIpc) is 1.14. The third-order valence-electron chi connectivity index (χ3n) is 0.671. The smallest absolute Gasteiger partial charge is 1.00 e. The minimum Gasteiger partial charge on any atom is -1.00 e. The Balaban J connectivity index is -0.000000320. The summed E-state index contributed by atoms with van der Waals surface area (Å²) in [6, 6.07) is 0. The zero-order chi connectivity index (χ0) is 7.71. The molecular weight excluding hydrogens is 246 g/mol. The van der Waals surface area contributed by atoms with Crippen molar-refractivity contribution in [3.63, 3.8) is 0 Å². The van der Waals surface area contributed by atoms with E-state index >= 15 is 0 Å². The van der Waals surface area contributed by atoms with Gasteiger partial charge in [-0.25, -0.2) is 0 Å². The van der Waals surface area contributed by atoms with Crippen LogP contribution in [0.25, 0.3) is 4.65 Å². The minimum absolute atomic E-state index is 0. The largest absolute Gasteiger partial charge is 2.00 e. The Hall–Kier alpha value is 1.64. The number of nitrogens with zero attached hydrogens (tertiary/aromatic N) is 1. The van der Waals surface area contributed by atoms with E-state index in [-0.39, 0.29) is 40.0 Å². The molecule has 0 rings (SSSR count). The molecule has 0 spiro atoms. The van der Waals surface area contributed by atoms with E-state index in [0.717, 1.165) is 0 Å². The normalized spacial score (nSPS) is 11.5. The van der Waals surface area contributed by atoms with Crippen LogP contribution in [0.4, 0.5) is 0 Å². The molecule has 0 unspecified atom stereocenters. The Morgan fingerprint density at radius 3 is 0.909 bits per heavy atom. The van der Waals surface area contributed by atoms with Crippen LogP contribution >= 0.6 is 0 Å². The van der Waals surface area contributed by atoms with Crippen molar-refractivity contribution < 1.29 is 17.0 Å². The third kappa shape index (κ3) is 18.5. The Morgan fingerprint density at radius 2 is 0.909 bits per heavy atom. The van der Waals surface area contributed by atoms with Crippen LogP contribution in [0.1, 0.15) is 0 Å². The van der Waals surface area contributed by atoms with E-state index in [9.17, 15) is 0 Å². The van der Waals surface area contributed by atoms with Crippen molar-refractivity contribution in [2.75, 3.05) is 0 Å². The van der Waals surface area contributed by atoms with Gasteiger partial charge in [-0.3, -0.25) is 0 Å². The fraction of sp³-hybridized carbons (Fsp3) is 1.00. The van der Waals surface area contributed by atoms with Gasteiger partial charge in [0.2, 0.25) is 0 Å². The molecular formula is C6H18BrMgNSi2. The molecule has 0 bridgehead atoms. The molecule has 0 aliphatic heterocycles. The van der Waals surface area contributed by atoms with E-state index < -0.39 is 16.5 Å². The van der Waals surface area contributed by atoms with Gasteiger partial charge in [-0.15, -0.1) is 0 Å². The van der Waals surface area contributed by atoms with Gasteiger partial charge in [0.1, 0.15) is 0 Å². The molecule has 0 saturated carbocycles. The van der Waals surface area contributed by atoms with Crippen molar-refractivity contribution in [2.45, 2.75) is 39.3 Å². The summed E-state index contributed by atoms with van der Waals surface area (Å²) in [4.78, 5) is 0. The van der Waals surface area contributed by atoms with E-state index in [1.54, 1.807) is 0 Å². The summed E-state index contributed by atoms with van der Waals surface area (Å²) in [6.07, 6.45) is 0. The summed E-state index contributed by atoms with van der Waals surface area (Å²) >= 11 is 0. The number of rotatable bonds is 2. The van der Waals surface area contributed by atoms with Crippen LogP contribution in [0, 0.1) is 0 Å². The van der Waals surface area contributed by atoms with E-state index in [2.05, 4.69) is 39.3 Å². The van der Waals surface area contributed by atoms with E-state index in [1.165, 1.54) is 0 Å².